The van der Waals surface area contributed by atoms with Gasteiger partial charge in [-0.1, -0.05) is 41.7 Å². The van der Waals surface area contributed by atoms with Gasteiger partial charge in [0, 0.05) is 27.3 Å². The van der Waals surface area contributed by atoms with Crippen molar-refractivity contribution in [2.24, 2.45) is 29.6 Å². The van der Waals surface area contributed by atoms with Crippen LogP contribution in [0.4, 0.5) is 11.4 Å². The van der Waals surface area contributed by atoms with Crippen LogP contribution in [-0.4, -0.2) is 47.1 Å². The molecule has 2 aliphatic heterocycles. The summed E-state index contributed by atoms with van der Waals surface area (Å²) in [5.74, 6) is -2.05. The second kappa shape index (κ2) is 12.3. The lowest BCUT2D eigenvalue weighted by Gasteiger charge is -2.43. The Labute approximate surface area is 290 Å². The van der Waals surface area contributed by atoms with E-state index in [1.807, 2.05) is 55.5 Å². The summed E-state index contributed by atoms with van der Waals surface area (Å²) < 4.78 is 11.3. The van der Waals surface area contributed by atoms with Gasteiger partial charge in [0.25, 0.3) is 5.91 Å². The molecule has 1 aromatic heterocycles. The fraction of sp³-hybridized carbons (Fsp3) is 0.324. The molecule has 2 bridgehead atoms. The lowest BCUT2D eigenvalue weighted by Crippen LogP contribution is -2.42. The number of para-hydroxylation sites is 1. The van der Waals surface area contributed by atoms with Crippen molar-refractivity contribution in [3.05, 3.63) is 104 Å². The normalized spacial score (nSPS) is 26.2. The van der Waals surface area contributed by atoms with Crippen LogP contribution in [0.15, 0.2) is 82.6 Å². The lowest BCUT2D eigenvalue weighted by atomic mass is 9.68. The molecule has 12 heteroatoms. The fourth-order valence-corrected chi connectivity index (χ4v) is 11.4. The van der Waals surface area contributed by atoms with Crippen molar-refractivity contribution in [3.8, 4) is 5.75 Å². The maximum absolute atomic E-state index is 14.2. The minimum Gasteiger partial charge on any atom is -0.483 e. The second-order valence-corrected chi connectivity index (χ2v) is 15.2. The SMILES string of the molecule is CCOC(=O)c1ccc(N2C(=O)C3C4CC(C3C2=O)C2C4Sc3[nH]c(=O)sc3[C@@H]2c2ccccc2OCC(=O)Nc2cccc(C)c2)cc1. The van der Waals surface area contributed by atoms with Crippen LogP contribution in [0.1, 0.15) is 45.6 Å². The number of benzene rings is 3. The molecule has 2 N–H and O–H groups in total. The number of anilines is 2. The number of H-pyrrole nitrogens is 1. The maximum atomic E-state index is 14.2. The zero-order valence-corrected chi connectivity index (χ0v) is 28.3. The van der Waals surface area contributed by atoms with Crippen molar-refractivity contribution in [3.63, 3.8) is 0 Å². The average molecular weight is 696 g/mol. The van der Waals surface area contributed by atoms with Gasteiger partial charge in [0.05, 0.1) is 34.7 Å². The highest BCUT2D eigenvalue weighted by molar-refractivity contribution is 8.00. The molecule has 49 heavy (non-hydrogen) atoms. The van der Waals surface area contributed by atoms with Crippen LogP contribution in [0, 0.1) is 36.5 Å². The van der Waals surface area contributed by atoms with Gasteiger partial charge in [-0.2, -0.15) is 0 Å². The molecule has 250 valence electrons. The molecule has 3 aromatic carbocycles. The van der Waals surface area contributed by atoms with E-state index in [4.69, 9.17) is 9.47 Å². The number of nitrogens with zero attached hydrogens (tertiary/aromatic N) is 1. The zero-order valence-electron chi connectivity index (χ0n) is 26.7. The molecule has 0 radical (unpaired) electrons. The first-order valence-corrected chi connectivity index (χ1v) is 18.1. The van der Waals surface area contributed by atoms with Crippen molar-refractivity contribution in [1.29, 1.82) is 0 Å². The number of hydrogen-bond acceptors (Lipinski definition) is 9. The largest absolute Gasteiger partial charge is 0.483 e. The van der Waals surface area contributed by atoms with Gasteiger partial charge in [0.1, 0.15) is 5.75 Å². The number of carbonyl (C=O) groups is 4. The number of ether oxygens (including phenoxy) is 2. The molecule has 1 saturated heterocycles. The number of rotatable bonds is 8. The van der Waals surface area contributed by atoms with Gasteiger partial charge in [-0.25, -0.2) is 4.79 Å². The predicted molar refractivity (Wildman–Crippen MR) is 185 cm³/mol. The lowest BCUT2D eigenvalue weighted by molar-refractivity contribution is -0.123. The van der Waals surface area contributed by atoms with Crippen LogP contribution in [-0.2, 0) is 19.1 Å². The van der Waals surface area contributed by atoms with E-state index in [0.717, 1.165) is 27.5 Å². The molecule has 2 aliphatic carbocycles. The smallest absolute Gasteiger partial charge is 0.338 e. The Bertz CT molecular complexity index is 2060. The molecule has 10 nitrogen and oxygen atoms in total. The topological polar surface area (TPSA) is 135 Å². The molecule has 7 atom stereocenters. The van der Waals surface area contributed by atoms with Gasteiger partial charge >= 0.3 is 10.8 Å². The number of thioether (sulfide) groups is 1. The highest BCUT2D eigenvalue weighted by Crippen LogP contribution is 2.69. The summed E-state index contributed by atoms with van der Waals surface area (Å²) in [5, 5.41) is 3.67. The molecule has 4 aliphatic rings. The van der Waals surface area contributed by atoms with E-state index in [0.29, 0.717) is 22.7 Å². The number of imide groups is 1. The number of nitrogens with one attached hydrogen (secondary N) is 2. The number of aromatic nitrogens is 1. The van der Waals surface area contributed by atoms with E-state index in [-0.39, 0.29) is 64.7 Å². The Morgan fingerprint density at radius 3 is 2.47 bits per heavy atom. The van der Waals surface area contributed by atoms with Gasteiger partial charge in [0.2, 0.25) is 11.8 Å². The quantitative estimate of drug-likeness (QED) is 0.179. The number of carbonyl (C=O) groups excluding carboxylic acids is 4. The van der Waals surface area contributed by atoms with Crippen molar-refractivity contribution in [1.82, 2.24) is 4.98 Å². The van der Waals surface area contributed by atoms with Gasteiger partial charge < -0.3 is 19.8 Å². The third-order valence-electron chi connectivity index (χ3n) is 10.3. The number of aromatic amines is 1. The van der Waals surface area contributed by atoms with Crippen molar-refractivity contribution in [2.75, 3.05) is 23.4 Å². The molecule has 3 amide bonds. The molecular formula is C37H33N3O7S2. The summed E-state index contributed by atoms with van der Waals surface area (Å²) in [6, 6.07) is 21.5. The van der Waals surface area contributed by atoms with E-state index in [1.165, 1.54) is 16.2 Å². The molecule has 2 saturated carbocycles. The summed E-state index contributed by atoms with van der Waals surface area (Å²) in [5.41, 5.74) is 3.36. The standard InChI is InChI=1S/C37H33N3O7S2/c1-3-46-36(44)19-11-13-21(14-12-19)40-34(42)29-23-16-24(30(29)35(40)43)31-28(23)27(32-33(48-31)39-37(45)49-32)22-9-4-5-10-25(22)47-17-26(41)38-20-8-6-7-18(2)15-20/h4-15,23-24,27-31H,3,16-17H2,1-2H3,(H,38,41)(H,39,45)/t23?,24?,27-,28?,29?,30?,31?/m1/s1. The van der Waals surface area contributed by atoms with E-state index in [2.05, 4.69) is 10.3 Å². The minimum atomic E-state index is -0.489. The predicted octanol–water partition coefficient (Wildman–Crippen LogP) is 5.62. The zero-order chi connectivity index (χ0) is 34.0. The monoisotopic (exact) mass is 695 g/mol. The second-order valence-electron chi connectivity index (χ2n) is 13.0. The minimum absolute atomic E-state index is 0.00503. The first-order chi connectivity index (χ1) is 23.7. The number of aryl methyl sites for hydroxylation is 1. The number of hydrogen-bond donors (Lipinski definition) is 2. The van der Waals surface area contributed by atoms with Crippen molar-refractivity contribution < 1.29 is 28.7 Å². The molecule has 0 spiro atoms. The number of thiazole rings is 1. The van der Waals surface area contributed by atoms with Gasteiger partial charge in [-0.05, 0) is 86.1 Å². The highest BCUT2D eigenvalue weighted by atomic mass is 32.2. The van der Waals surface area contributed by atoms with Gasteiger partial charge in [-0.3, -0.25) is 24.1 Å². The van der Waals surface area contributed by atoms with Crippen LogP contribution in [0.25, 0.3) is 0 Å². The summed E-state index contributed by atoms with van der Waals surface area (Å²) >= 11 is 2.78. The Morgan fingerprint density at radius 1 is 0.959 bits per heavy atom. The van der Waals surface area contributed by atoms with E-state index < -0.39 is 17.8 Å². The molecule has 4 aromatic rings. The average Bonchev–Trinajstić information content (AvgIpc) is 3.83. The number of fused-ring (bicyclic) bond motifs is 9. The van der Waals surface area contributed by atoms with E-state index >= 15 is 0 Å². The molecule has 3 heterocycles. The van der Waals surface area contributed by atoms with Crippen LogP contribution in [0.3, 0.4) is 0 Å². The Balaban J connectivity index is 1.09. The third kappa shape index (κ3) is 5.28. The Morgan fingerprint density at radius 2 is 1.71 bits per heavy atom. The third-order valence-corrected chi connectivity index (χ3v) is 12.9. The summed E-state index contributed by atoms with van der Waals surface area (Å²) in [4.78, 5) is 71.1. The Kier molecular flexibility index (Phi) is 7.95. The van der Waals surface area contributed by atoms with Crippen molar-refractivity contribution >= 4 is 58.2 Å². The summed E-state index contributed by atoms with van der Waals surface area (Å²) in [6.07, 6.45) is 0.738. The Hall–Kier alpha value is -4.68. The fourth-order valence-electron chi connectivity index (χ4n) is 8.51. The number of amides is 3. The van der Waals surface area contributed by atoms with Crippen LogP contribution >= 0.6 is 23.1 Å². The highest BCUT2D eigenvalue weighted by Gasteiger charge is 2.69. The van der Waals surface area contributed by atoms with Crippen molar-refractivity contribution in [2.45, 2.75) is 36.5 Å². The van der Waals surface area contributed by atoms with Crippen LogP contribution < -0.4 is 19.8 Å². The van der Waals surface area contributed by atoms with E-state index in [1.54, 1.807) is 43.0 Å². The maximum Gasteiger partial charge on any atom is 0.338 e. The van der Waals surface area contributed by atoms with Crippen LogP contribution in [0.2, 0.25) is 0 Å². The van der Waals surface area contributed by atoms with E-state index in [9.17, 15) is 24.0 Å². The molecule has 3 fully saturated rings. The van der Waals surface area contributed by atoms with Crippen LogP contribution in [0.5, 0.6) is 5.75 Å². The van der Waals surface area contributed by atoms with Gasteiger partial charge in [-0.15, -0.1) is 11.8 Å². The first kappa shape index (κ1) is 31.6. The first-order valence-electron chi connectivity index (χ1n) is 16.4. The molecule has 6 unspecified atom stereocenters. The summed E-state index contributed by atoms with van der Waals surface area (Å²) in [6.45, 7) is 3.73. The molecular weight excluding hydrogens is 663 g/mol. The molecule has 8 rings (SSSR count). The van der Waals surface area contributed by atoms with Gasteiger partial charge in [0.15, 0.2) is 6.61 Å². The number of esters is 1. The summed E-state index contributed by atoms with van der Waals surface area (Å²) in [7, 11) is 0.